The highest BCUT2D eigenvalue weighted by Crippen LogP contribution is 2.17. The third-order valence-electron chi connectivity index (χ3n) is 2.13. The number of rotatable bonds is 5. The van der Waals surface area contributed by atoms with Gasteiger partial charge in [0.1, 0.15) is 0 Å². The van der Waals surface area contributed by atoms with Crippen molar-refractivity contribution in [2.75, 3.05) is 0 Å². The summed E-state index contributed by atoms with van der Waals surface area (Å²) in [5.41, 5.74) is 0. The SMILES string of the molecule is [CH2]C[Si](C)(C)CCCCC. The molecule has 0 aromatic heterocycles. The van der Waals surface area contributed by atoms with E-state index >= 15 is 0 Å². The zero-order valence-electron chi connectivity index (χ0n) is 7.74. The molecule has 1 heteroatoms. The molecule has 0 spiro atoms. The molecule has 0 aliphatic heterocycles. The predicted molar refractivity (Wildman–Crippen MR) is 52.0 cm³/mol. The van der Waals surface area contributed by atoms with Crippen molar-refractivity contribution in [3.05, 3.63) is 6.92 Å². The molecule has 0 saturated heterocycles. The minimum Gasteiger partial charge on any atom is -0.0693 e. The topological polar surface area (TPSA) is 0 Å². The van der Waals surface area contributed by atoms with Crippen molar-refractivity contribution in [2.45, 2.75) is 51.4 Å². The summed E-state index contributed by atoms with van der Waals surface area (Å²) in [5.74, 6) is 0. The molecule has 0 amide bonds. The number of hydrogen-bond donors (Lipinski definition) is 0. The largest absolute Gasteiger partial charge is 0.0693 e. The second kappa shape index (κ2) is 4.95. The first-order chi connectivity index (χ1) is 4.62. The van der Waals surface area contributed by atoms with Crippen LogP contribution in [0.5, 0.6) is 0 Å². The maximum absolute atomic E-state index is 4.00. The van der Waals surface area contributed by atoms with Crippen molar-refractivity contribution in [3.8, 4) is 0 Å². The summed E-state index contributed by atoms with van der Waals surface area (Å²) in [6.45, 7) is 11.1. The van der Waals surface area contributed by atoms with Gasteiger partial charge < -0.3 is 0 Å². The molecular weight excluding hydrogens is 136 g/mol. The lowest BCUT2D eigenvalue weighted by Gasteiger charge is -2.19. The van der Waals surface area contributed by atoms with Crippen molar-refractivity contribution in [2.24, 2.45) is 0 Å². The Morgan fingerprint density at radius 1 is 1.20 bits per heavy atom. The van der Waals surface area contributed by atoms with E-state index in [1.807, 2.05) is 0 Å². The fourth-order valence-corrected chi connectivity index (χ4v) is 2.44. The Hall–Kier alpha value is 0.217. The van der Waals surface area contributed by atoms with Crippen molar-refractivity contribution < 1.29 is 0 Å². The first kappa shape index (κ1) is 10.2. The van der Waals surface area contributed by atoms with Gasteiger partial charge in [-0.2, -0.15) is 0 Å². The van der Waals surface area contributed by atoms with Crippen molar-refractivity contribution in [1.82, 2.24) is 0 Å². The van der Waals surface area contributed by atoms with Crippen LogP contribution < -0.4 is 0 Å². The standard InChI is InChI=1S/C9H21Si/c1-5-7-8-9-10(3,4)6-2/h2,5-9H2,1,3-4H3. The predicted octanol–water partition coefficient (Wildman–Crippen LogP) is 3.72. The molecule has 0 nitrogen and oxygen atoms in total. The lowest BCUT2D eigenvalue weighted by atomic mass is 10.3. The highest BCUT2D eigenvalue weighted by atomic mass is 28.3. The van der Waals surface area contributed by atoms with Crippen molar-refractivity contribution in [3.63, 3.8) is 0 Å². The first-order valence-corrected chi connectivity index (χ1v) is 7.83. The minimum atomic E-state index is -0.826. The summed E-state index contributed by atoms with van der Waals surface area (Å²) in [6.07, 6.45) is 4.20. The van der Waals surface area contributed by atoms with Gasteiger partial charge in [-0.15, -0.1) is 0 Å². The van der Waals surface area contributed by atoms with Crippen LogP contribution in [0.3, 0.4) is 0 Å². The van der Waals surface area contributed by atoms with E-state index in [0.717, 1.165) is 0 Å². The summed E-state index contributed by atoms with van der Waals surface area (Å²) in [5, 5.41) is 0. The Bertz CT molecular complexity index is 76.8. The second-order valence-electron chi connectivity index (χ2n) is 3.87. The molecule has 0 fully saturated rings. The fourth-order valence-electron chi connectivity index (χ4n) is 0.979. The van der Waals surface area contributed by atoms with Crippen molar-refractivity contribution in [1.29, 1.82) is 0 Å². The quantitative estimate of drug-likeness (QED) is 0.421. The van der Waals surface area contributed by atoms with Gasteiger partial charge in [0.15, 0.2) is 0 Å². The molecule has 0 aliphatic rings. The van der Waals surface area contributed by atoms with Gasteiger partial charge in [-0.05, 0) is 0 Å². The van der Waals surface area contributed by atoms with Gasteiger partial charge in [-0.1, -0.05) is 58.3 Å². The Balaban J connectivity index is 3.28. The van der Waals surface area contributed by atoms with Crippen LogP contribution in [-0.4, -0.2) is 8.07 Å². The molecule has 10 heavy (non-hydrogen) atoms. The van der Waals surface area contributed by atoms with Crippen LogP contribution in [0.4, 0.5) is 0 Å². The molecule has 0 heterocycles. The average molecular weight is 157 g/mol. The van der Waals surface area contributed by atoms with Gasteiger partial charge >= 0.3 is 0 Å². The highest BCUT2D eigenvalue weighted by Gasteiger charge is 2.15. The molecule has 0 rings (SSSR count). The molecule has 0 aromatic rings. The van der Waals surface area contributed by atoms with E-state index in [1.54, 1.807) is 0 Å². The van der Waals surface area contributed by atoms with Crippen LogP contribution in [0.15, 0.2) is 0 Å². The monoisotopic (exact) mass is 157 g/mol. The van der Waals surface area contributed by atoms with Gasteiger partial charge in [-0.25, -0.2) is 0 Å². The lowest BCUT2D eigenvalue weighted by molar-refractivity contribution is 0.762. The van der Waals surface area contributed by atoms with Gasteiger partial charge in [0.25, 0.3) is 0 Å². The van der Waals surface area contributed by atoms with E-state index < -0.39 is 8.07 Å². The summed E-state index contributed by atoms with van der Waals surface area (Å²) < 4.78 is 0. The first-order valence-electron chi connectivity index (χ1n) is 4.41. The average Bonchev–Trinajstić information content (AvgIpc) is 1.89. The maximum Gasteiger partial charge on any atom is 0.0473 e. The third-order valence-corrected chi connectivity index (χ3v) is 5.19. The van der Waals surface area contributed by atoms with Crippen LogP contribution in [0.25, 0.3) is 0 Å². The summed E-state index contributed by atoms with van der Waals surface area (Å²) >= 11 is 0. The van der Waals surface area contributed by atoms with Gasteiger partial charge in [0.2, 0.25) is 0 Å². The maximum atomic E-state index is 4.00. The smallest absolute Gasteiger partial charge is 0.0473 e. The van der Waals surface area contributed by atoms with Crippen LogP contribution in [0, 0.1) is 6.92 Å². The summed E-state index contributed by atoms with van der Waals surface area (Å²) in [4.78, 5) is 0. The molecule has 61 valence electrons. The molecule has 0 unspecified atom stereocenters. The van der Waals surface area contributed by atoms with E-state index in [1.165, 1.54) is 31.4 Å². The van der Waals surface area contributed by atoms with Crippen molar-refractivity contribution >= 4 is 8.07 Å². The fraction of sp³-hybridized carbons (Fsp3) is 0.889. The Morgan fingerprint density at radius 3 is 2.20 bits per heavy atom. The molecule has 0 saturated carbocycles. The lowest BCUT2D eigenvalue weighted by Crippen LogP contribution is -2.22. The second-order valence-corrected chi connectivity index (χ2v) is 9.20. The van der Waals surface area contributed by atoms with Gasteiger partial charge in [-0.3, -0.25) is 0 Å². The number of unbranched alkanes of at least 4 members (excludes halogenated alkanes) is 2. The summed E-state index contributed by atoms with van der Waals surface area (Å²) in [7, 11) is -0.826. The third kappa shape index (κ3) is 5.04. The normalized spacial score (nSPS) is 12.0. The molecule has 0 N–H and O–H groups in total. The van der Waals surface area contributed by atoms with Crippen LogP contribution in [-0.2, 0) is 0 Å². The van der Waals surface area contributed by atoms with Crippen LogP contribution >= 0.6 is 0 Å². The molecular formula is C9H21Si. The molecule has 0 bridgehead atoms. The zero-order valence-corrected chi connectivity index (χ0v) is 8.74. The Kier molecular flexibility index (Phi) is 5.05. The molecule has 0 atom stereocenters. The molecule has 1 radical (unpaired) electrons. The molecule has 0 aromatic carbocycles. The van der Waals surface area contributed by atoms with E-state index in [9.17, 15) is 0 Å². The zero-order chi connectivity index (χ0) is 8.04. The highest BCUT2D eigenvalue weighted by molar-refractivity contribution is 6.77. The van der Waals surface area contributed by atoms with Gasteiger partial charge in [0, 0.05) is 8.07 Å². The Morgan fingerprint density at radius 2 is 1.80 bits per heavy atom. The van der Waals surface area contributed by atoms with E-state index in [0.29, 0.717) is 0 Å². The number of hydrogen-bond acceptors (Lipinski definition) is 0. The van der Waals surface area contributed by atoms with E-state index in [4.69, 9.17) is 0 Å². The van der Waals surface area contributed by atoms with E-state index in [-0.39, 0.29) is 0 Å². The molecule has 0 aliphatic carbocycles. The minimum absolute atomic E-state index is 0.826. The van der Waals surface area contributed by atoms with Crippen LogP contribution in [0.1, 0.15) is 26.2 Å². The van der Waals surface area contributed by atoms with Crippen LogP contribution in [0.2, 0.25) is 25.2 Å². The van der Waals surface area contributed by atoms with E-state index in [2.05, 4.69) is 26.9 Å². The Labute approximate surface area is 67.0 Å². The summed E-state index contributed by atoms with van der Waals surface area (Å²) in [6, 6.07) is 2.68. The van der Waals surface area contributed by atoms with Gasteiger partial charge in [0.05, 0.1) is 0 Å².